The van der Waals surface area contributed by atoms with Crippen molar-refractivity contribution >= 4 is 24.0 Å². The zero-order chi connectivity index (χ0) is 16.4. The van der Waals surface area contributed by atoms with Crippen LogP contribution in [0.25, 0.3) is 0 Å². The molecule has 0 aromatic heterocycles. The van der Waals surface area contributed by atoms with Crippen molar-refractivity contribution in [3.8, 4) is 0 Å². The first kappa shape index (κ1) is 17.8. The van der Waals surface area contributed by atoms with E-state index in [1.807, 2.05) is 32.6 Å². The average molecular weight is 328 g/mol. The Morgan fingerprint density at radius 1 is 1.55 bits per heavy atom. The number of thioether (sulfide) groups is 1. The summed E-state index contributed by atoms with van der Waals surface area (Å²) >= 11 is 1.78. The van der Waals surface area contributed by atoms with Crippen LogP contribution in [-0.4, -0.2) is 58.6 Å². The number of carbonyl (C=O) groups excluding carboxylic acids is 2. The third kappa shape index (κ3) is 4.70. The van der Waals surface area contributed by atoms with Crippen molar-refractivity contribution in [2.75, 3.05) is 18.8 Å². The molecule has 5 nitrogen and oxygen atoms in total. The van der Waals surface area contributed by atoms with Crippen LogP contribution >= 0.6 is 11.8 Å². The van der Waals surface area contributed by atoms with E-state index in [0.717, 1.165) is 31.4 Å². The molecule has 1 unspecified atom stereocenters. The van der Waals surface area contributed by atoms with Crippen molar-refractivity contribution in [3.63, 3.8) is 0 Å². The number of aldehydes is 1. The second kappa shape index (κ2) is 6.89. The van der Waals surface area contributed by atoms with E-state index in [1.54, 1.807) is 11.8 Å². The third-order valence-electron chi connectivity index (χ3n) is 3.98. The number of nitrogens with zero attached hydrogens (tertiary/aromatic N) is 1. The van der Waals surface area contributed by atoms with Crippen LogP contribution in [0.1, 0.15) is 47.0 Å². The van der Waals surface area contributed by atoms with E-state index >= 15 is 0 Å². The lowest BCUT2D eigenvalue weighted by Gasteiger charge is -2.40. The van der Waals surface area contributed by atoms with Gasteiger partial charge < -0.3 is 14.4 Å². The van der Waals surface area contributed by atoms with Crippen molar-refractivity contribution in [1.82, 2.24) is 10.2 Å². The Kier molecular flexibility index (Phi) is 5.56. The molecule has 2 heterocycles. The largest absolute Gasteiger partial charge is 0.372 e. The Balaban J connectivity index is 1.89. The highest BCUT2D eigenvalue weighted by Crippen LogP contribution is 2.37. The van der Waals surface area contributed by atoms with Crippen molar-refractivity contribution in [3.05, 3.63) is 0 Å². The zero-order valence-corrected chi connectivity index (χ0v) is 14.9. The summed E-state index contributed by atoms with van der Waals surface area (Å²) in [7, 11) is 0. The van der Waals surface area contributed by atoms with Crippen LogP contribution in [-0.2, 0) is 14.3 Å². The van der Waals surface area contributed by atoms with Crippen LogP contribution in [0.5, 0.6) is 0 Å². The van der Waals surface area contributed by atoms with Gasteiger partial charge in [0.25, 0.3) is 0 Å². The molecule has 3 atom stereocenters. The van der Waals surface area contributed by atoms with Crippen molar-refractivity contribution in [1.29, 1.82) is 0 Å². The van der Waals surface area contributed by atoms with Gasteiger partial charge in [-0.25, -0.2) is 0 Å². The lowest BCUT2D eigenvalue weighted by atomic mass is 10.0. The maximum Gasteiger partial charge on any atom is 0.225 e. The van der Waals surface area contributed by atoms with Gasteiger partial charge in [0, 0.05) is 18.8 Å². The van der Waals surface area contributed by atoms with E-state index in [2.05, 4.69) is 5.32 Å². The van der Waals surface area contributed by atoms with Crippen molar-refractivity contribution in [2.24, 2.45) is 0 Å². The van der Waals surface area contributed by atoms with Gasteiger partial charge in [-0.1, -0.05) is 0 Å². The van der Waals surface area contributed by atoms with Crippen LogP contribution < -0.4 is 5.32 Å². The lowest BCUT2D eigenvalue weighted by Crippen LogP contribution is -2.55. The molecular weight excluding hydrogens is 300 g/mol. The highest BCUT2D eigenvalue weighted by molar-refractivity contribution is 8.01. The van der Waals surface area contributed by atoms with E-state index in [-0.39, 0.29) is 28.5 Å². The molecule has 1 amide bonds. The number of rotatable bonds is 4. The van der Waals surface area contributed by atoms with Gasteiger partial charge in [0.2, 0.25) is 5.91 Å². The van der Waals surface area contributed by atoms with Gasteiger partial charge in [0.15, 0.2) is 0 Å². The number of amides is 1. The Hall–Kier alpha value is -0.590. The van der Waals surface area contributed by atoms with Gasteiger partial charge in [0.1, 0.15) is 6.29 Å². The summed E-state index contributed by atoms with van der Waals surface area (Å²) < 4.78 is 5.84. The smallest absolute Gasteiger partial charge is 0.225 e. The highest BCUT2D eigenvalue weighted by atomic mass is 32.2. The maximum absolute atomic E-state index is 12.5. The molecule has 126 valence electrons. The van der Waals surface area contributed by atoms with Crippen molar-refractivity contribution in [2.45, 2.75) is 69.6 Å². The van der Waals surface area contributed by atoms with E-state index in [4.69, 9.17) is 4.74 Å². The number of ether oxygens (including phenoxy) is 1. The summed E-state index contributed by atoms with van der Waals surface area (Å²) in [6.45, 7) is 9.45. The van der Waals surface area contributed by atoms with Gasteiger partial charge in [0.05, 0.1) is 29.0 Å². The molecule has 2 fully saturated rings. The van der Waals surface area contributed by atoms with E-state index in [1.165, 1.54) is 0 Å². The van der Waals surface area contributed by atoms with Gasteiger partial charge in [-0.2, -0.15) is 0 Å². The Morgan fingerprint density at radius 3 is 2.86 bits per heavy atom. The lowest BCUT2D eigenvalue weighted by molar-refractivity contribution is -0.138. The second-order valence-corrected chi connectivity index (χ2v) is 8.76. The summed E-state index contributed by atoms with van der Waals surface area (Å²) in [5.41, 5.74) is -0.233. The molecule has 6 heteroatoms. The monoisotopic (exact) mass is 328 g/mol. The number of hydrogen-bond acceptors (Lipinski definition) is 5. The Labute approximate surface area is 137 Å². The summed E-state index contributed by atoms with van der Waals surface area (Å²) in [4.78, 5) is 25.3. The standard InChI is InChI=1S/C16H28N2O3S/c1-12(21-15(2,3)4)8-14(20)18-7-5-6-16(11-18)17-13(9-19)10-22-16/h9,12-13,17H,5-8,10-11H2,1-4H3/t12-,13-,16?/m1/s1. The molecule has 2 saturated heterocycles. The number of piperidine rings is 1. The maximum atomic E-state index is 12.5. The molecule has 0 aromatic carbocycles. The quantitative estimate of drug-likeness (QED) is 0.798. The molecule has 0 saturated carbocycles. The predicted molar refractivity (Wildman–Crippen MR) is 88.9 cm³/mol. The average Bonchev–Trinajstić information content (AvgIpc) is 2.79. The third-order valence-corrected chi connectivity index (χ3v) is 5.51. The van der Waals surface area contributed by atoms with E-state index in [9.17, 15) is 9.59 Å². The summed E-state index contributed by atoms with van der Waals surface area (Å²) in [5.74, 6) is 0.947. The molecule has 2 rings (SSSR count). The van der Waals surface area contributed by atoms with Gasteiger partial charge >= 0.3 is 0 Å². The van der Waals surface area contributed by atoms with Crippen LogP contribution in [0.3, 0.4) is 0 Å². The van der Waals surface area contributed by atoms with Gasteiger partial charge in [-0.05, 0) is 40.5 Å². The van der Waals surface area contributed by atoms with Crippen LogP contribution in [0.15, 0.2) is 0 Å². The fourth-order valence-corrected chi connectivity index (χ4v) is 4.67. The summed E-state index contributed by atoms with van der Waals surface area (Å²) in [6.07, 6.45) is 3.29. The minimum atomic E-state index is -0.233. The zero-order valence-electron chi connectivity index (χ0n) is 14.1. The molecule has 0 bridgehead atoms. The van der Waals surface area contributed by atoms with Crippen LogP contribution in [0.2, 0.25) is 0 Å². The van der Waals surface area contributed by atoms with Crippen LogP contribution in [0, 0.1) is 0 Å². The molecular formula is C16H28N2O3S. The molecule has 1 N–H and O–H groups in total. The number of likely N-dealkylation sites (tertiary alicyclic amines) is 1. The number of carbonyl (C=O) groups is 2. The SMILES string of the molecule is C[C@H](CC(=O)N1CCCC2(C1)N[C@H](C=O)CS2)OC(C)(C)C. The van der Waals surface area contributed by atoms with Gasteiger partial charge in [-0.3, -0.25) is 10.1 Å². The highest BCUT2D eigenvalue weighted by Gasteiger charge is 2.43. The molecule has 0 aliphatic carbocycles. The molecule has 0 aromatic rings. The fourth-order valence-electron chi connectivity index (χ4n) is 3.23. The topological polar surface area (TPSA) is 58.6 Å². The first-order valence-electron chi connectivity index (χ1n) is 8.06. The minimum absolute atomic E-state index is 0.0804. The fraction of sp³-hybridized carbons (Fsp3) is 0.875. The first-order chi connectivity index (χ1) is 10.2. The first-order valence-corrected chi connectivity index (χ1v) is 9.04. The molecule has 1 spiro atoms. The van der Waals surface area contributed by atoms with E-state index in [0.29, 0.717) is 13.0 Å². The molecule has 2 aliphatic heterocycles. The normalized spacial score (nSPS) is 30.5. The second-order valence-electron chi connectivity index (χ2n) is 7.36. The Morgan fingerprint density at radius 2 is 2.27 bits per heavy atom. The molecule has 2 aliphatic rings. The summed E-state index contributed by atoms with van der Waals surface area (Å²) in [5, 5.41) is 3.40. The molecule has 0 radical (unpaired) electrons. The molecule has 22 heavy (non-hydrogen) atoms. The number of hydrogen-bond donors (Lipinski definition) is 1. The summed E-state index contributed by atoms with van der Waals surface area (Å²) in [6, 6.07) is -0.0804. The van der Waals surface area contributed by atoms with Crippen molar-refractivity contribution < 1.29 is 14.3 Å². The predicted octanol–water partition coefficient (Wildman–Crippen LogP) is 1.80. The van der Waals surface area contributed by atoms with E-state index < -0.39 is 0 Å². The minimum Gasteiger partial charge on any atom is -0.372 e. The van der Waals surface area contributed by atoms with Gasteiger partial charge in [-0.15, -0.1) is 11.8 Å². The number of nitrogens with one attached hydrogen (secondary N) is 1. The Bertz CT molecular complexity index is 424. The van der Waals surface area contributed by atoms with Crippen LogP contribution in [0.4, 0.5) is 0 Å².